The number of carbonyl (C=O) groups is 1. The molecule has 0 aromatic carbocycles. The van der Waals surface area contributed by atoms with Crippen molar-refractivity contribution in [2.24, 2.45) is 0 Å². The normalized spacial score (nSPS) is 19.1. The van der Waals surface area contributed by atoms with Crippen molar-refractivity contribution in [3.05, 3.63) is 33.9 Å². The van der Waals surface area contributed by atoms with E-state index in [0.717, 1.165) is 0 Å². The van der Waals surface area contributed by atoms with Crippen LogP contribution in [0.25, 0.3) is 6.08 Å². The van der Waals surface area contributed by atoms with Gasteiger partial charge in [0.15, 0.2) is 0 Å². The van der Waals surface area contributed by atoms with Crippen molar-refractivity contribution in [1.82, 2.24) is 15.3 Å². The van der Waals surface area contributed by atoms with Gasteiger partial charge in [-0.25, -0.2) is 9.78 Å². The summed E-state index contributed by atoms with van der Waals surface area (Å²) in [5.41, 5.74) is -1.09. The molecular formula is C18H28BN3O5. The quantitative estimate of drug-likeness (QED) is 0.781. The first-order valence-electron chi connectivity index (χ1n) is 8.86. The van der Waals surface area contributed by atoms with E-state index in [1.54, 1.807) is 26.8 Å². The van der Waals surface area contributed by atoms with E-state index in [1.165, 1.54) is 12.5 Å². The average Bonchev–Trinajstić information content (AvgIpc) is 2.71. The Hall–Kier alpha value is -2.13. The molecule has 0 atom stereocenters. The van der Waals surface area contributed by atoms with Gasteiger partial charge in [0, 0.05) is 12.7 Å². The fourth-order valence-electron chi connectivity index (χ4n) is 2.34. The predicted molar refractivity (Wildman–Crippen MR) is 103 cm³/mol. The number of nitrogens with zero attached hydrogens (tertiary/aromatic N) is 1. The molecule has 0 bridgehead atoms. The molecule has 148 valence electrons. The van der Waals surface area contributed by atoms with Crippen molar-refractivity contribution in [3.8, 4) is 0 Å². The molecule has 2 rings (SSSR count). The third-order valence-electron chi connectivity index (χ3n) is 4.48. The molecule has 0 spiro atoms. The Morgan fingerprint density at radius 1 is 1.30 bits per heavy atom. The highest BCUT2D eigenvalue weighted by molar-refractivity contribution is 6.56. The third kappa shape index (κ3) is 5.43. The molecule has 1 aliphatic rings. The summed E-state index contributed by atoms with van der Waals surface area (Å²) >= 11 is 0. The van der Waals surface area contributed by atoms with Crippen LogP contribution < -0.4 is 10.9 Å². The van der Waals surface area contributed by atoms with E-state index in [0.29, 0.717) is 11.0 Å². The zero-order valence-corrected chi connectivity index (χ0v) is 17.0. The summed E-state index contributed by atoms with van der Waals surface area (Å²) in [7, 11) is -0.718. The number of amides is 1. The summed E-state index contributed by atoms with van der Waals surface area (Å²) in [6.45, 7) is 13.2. The number of ether oxygens (including phenoxy) is 1. The zero-order valence-electron chi connectivity index (χ0n) is 17.0. The highest BCUT2D eigenvalue weighted by Gasteiger charge is 2.52. The van der Waals surface area contributed by atoms with Crippen molar-refractivity contribution in [2.75, 3.05) is 6.54 Å². The lowest BCUT2D eigenvalue weighted by molar-refractivity contribution is 0.00578. The maximum absolute atomic E-state index is 12.0. The highest BCUT2D eigenvalue weighted by atomic mass is 16.7. The van der Waals surface area contributed by atoms with Crippen LogP contribution in [0.1, 0.15) is 54.0 Å². The number of aromatic amines is 1. The van der Waals surface area contributed by atoms with E-state index < -0.39 is 30.0 Å². The van der Waals surface area contributed by atoms with Gasteiger partial charge in [0.25, 0.3) is 5.56 Å². The van der Waals surface area contributed by atoms with Gasteiger partial charge in [-0.3, -0.25) is 4.79 Å². The molecule has 1 aliphatic heterocycles. The second kappa shape index (κ2) is 7.48. The van der Waals surface area contributed by atoms with Crippen molar-refractivity contribution < 1.29 is 18.8 Å². The minimum Gasteiger partial charge on any atom is -0.444 e. The molecule has 1 aromatic heterocycles. The smallest absolute Gasteiger partial charge is 0.444 e. The van der Waals surface area contributed by atoms with Crippen LogP contribution in [0.4, 0.5) is 4.79 Å². The van der Waals surface area contributed by atoms with E-state index in [-0.39, 0.29) is 12.1 Å². The maximum Gasteiger partial charge on any atom is 0.492 e. The van der Waals surface area contributed by atoms with E-state index in [2.05, 4.69) is 15.3 Å². The number of carbonyl (C=O) groups excluding carboxylic acids is 1. The monoisotopic (exact) mass is 377 g/mol. The Bertz CT molecular complexity index is 764. The van der Waals surface area contributed by atoms with Crippen LogP contribution >= 0.6 is 0 Å². The molecule has 1 amide bonds. The van der Waals surface area contributed by atoms with Gasteiger partial charge in [-0.2, -0.15) is 0 Å². The van der Waals surface area contributed by atoms with Gasteiger partial charge in [0.1, 0.15) is 5.60 Å². The van der Waals surface area contributed by atoms with Gasteiger partial charge < -0.3 is 24.3 Å². The number of nitrogens with one attached hydrogen (secondary N) is 2. The van der Waals surface area contributed by atoms with Crippen LogP contribution in [0, 0.1) is 0 Å². The Morgan fingerprint density at radius 2 is 1.89 bits per heavy atom. The van der Waals surface area contributed by atoms with E-state index in [9.17, 15) is 9.59 Å². The van der Waals surface area contributed by atoms with Gasteiger partial charge in [0.05, 0.1) is 23.1 Å². The summed E-state index contributed by atoms with van der Waals surface area (Å²) in [6, 6.07) is 0. The summed E-state index contributed by atoms with van der Waals surface area (Å²) in [5.74, 6) is 0. The van der Waals surface area contributed by atoms with Crippen LogP contribution in [0.2, 0.25) is 0 Å². The van der Waals surface area contributed by atoms with Gasteiger partial charge in [0.2, 0.25) is 0 Å². The van der Waals surface area contributed by atoms with Crippen LogP contribution in [0.5, 0.6) is 0 Å². The van der Waals surface area contributed by atoms with Gasteiger partial charge in [-0.05, 0) is 53.9 Å². The third-order valence-corrected chi connectivity index (χ3v) is 4.48. The van der Waals surface area contributed by atoms with Crippen LogP contribution in [0.3, 0.4) is 0 Å². The van der Waals surface area contributed by atoms with Gasteiger partial charge in [-0.1, -0.05) is 6.08 Å². The number of hydrogen-bond donors (Lipinski definition) is 2. The minimum absolute atomic E-state index is 0.0973. The second-order valence-corrected chi connectivity index (χ2v) is 8.50. The van der Waals surface area contributed by atoms with Crippen LogP contribution in [-0.4, -0.2) is 46.5 Å². The Labute approximate surface area is 159 Å². The number of rotatable bonds is 4. The Kier molecular flexibility index (Phi) is 5.87. The number of aromatic nitrogens is 2. The summed E-state index contributed by atoms with van der Waals surface area (Å²) in [6.07, 6.45) is 3.81. The molecule has 1 fully saturated rings. The largest absolute Gasteiger partial charge is 0.492 e. The predicted octanol–water partition coefficient (Wildman–Crippen LogP) is 2.31. The fraction of sp³-hybridized carbons (Fsp3) is 0.611. The molecule has 27 heavy (non-hydrogen) atoms. The van der Waals surface area contributed by atoms with Crippen molar-refractivity contribution in [1.29, 1.82) is 0 Å². The number of hydrogen-bond acceptors (Lipinski definition) is 6. The molecule has 0 aliphatic carbocycles. The van der Waals surface area contributed by atoms with E-state index in [4.69, 9.17) is 14.0 Å². The fourth-order valence-corrected chi connectivity index (χ4v) is 2.34. The summed E-state index contributed by atoms with van der Waals surface area (Å²) in [5, 5.41) is 2.69. The van der Waals surface area contributed by atoms with Gasteiger partial charge >= 0.3 is 13.2 Å². The molecule has 2 heterocycles. The lowest BCUT2D eigenvalue weighted by Crippen LogP contribution is -2.41. The molecule has 0 unspecified atom stereocenters. The van der Waals surface area contributed by atoms with Crippen molar-refractivity contribution in [3.63, 3.8) is 0 Å². The minimum atomic E-state index is -0.718. The topological polar surface area (TPSA) is 103 Å². The first kappa shape index (κ1) is 21.2. The summed E-state index contributed by atoms with van der Waals surface area (Å²) < 4.78 is 17.4. The lowest BCUT2D eigenvalue weighted by Gasteiger charge is -2.32. The Balaban J connectivity index is 2.26. The van der Waals surface area contributed by atoms with Crippen LogP contribution in [0.15, 0.2) is 22.8 Å². The number of H-pyrrole nitrogens is 1. The number of alkyl carbamates (subject to hydrolysis) is 1. The average molecular weight is 377 g/mol. The molecule has 9 heteroatoms. The second-order valence-electron chi connectivity index (χ2n) is 8.50. The molecule has 1 aromatic rings. The lowest BCUT2D eigenvalue weighted by atomic mass is 9.77. The first-order valence-corrected chi connectivity index (χ1v) is 8.86. The molecule has 1 saturated heterocycles. The summed E-state index contributed by atoms with van der Waals surface area (Å²) in [4.78, 5) is 30.5. The van der Waals surface area contributed by atoms with Crippen molar-refractivity contribution in [2.45, 2.75) is 65.3 Å². The standard InChI is InChI=1S/C18H28BN3O5/c1-16(2,3)25-15(24)21-10-13(8-12-9-20-11-22-14(12)23)19-26-17(4,5)18(6,7)27-19/h8-9,11H,10H2,1-7H3,(H,21,24)(H,20,22,23). The van der Waals surface area contributed by atoms with Crippen molar-refractivity contribution >= 4 is 19.3 Å². The molecule has 2 N–H and O–H groups in total. The SMILES string of the molecule is CC(C)(C)OC(=O)NCC(=Cc1cnc[nH]c1=O)B1OC(C)(C)C(C)(C)O1. The Morgan fingerprint density at radius 3 is 2.41 bits per heavy atom. The highest BCUT2D eigenvalue weighted by Crippen LogP contribution is 2.38. The maximum atomic E-state index is 12.0. The van der Waals surface area contributed by atoms with E-state index >= 15 is 0 Å². The zero-order chi connectivity index (χ0) is 20.5. The molecule has 0 saturated carbocycles. The molecular weight excluding hydrogens is 349 g/mol. The molecule has 0 radical (unpaired) electrons. The van der Waals surface area contributed by atoms with Crippen LogP contribution in [-0.2, 0) is 14.0 Å². The molecule has 8 nitrogen and oxygen atoms in total. The van der Waals surface area contributed by atoms with E-state index in [1.807, 2.05) is 27.7 Å². The van der Waals surface area contributed by atoms with Gasteiger partial charge in [-0.15, -0.1) is 0 Å². The first-order chi connectivity index (χ1) is 12.3.